The van der Waals surface area contributed by atoms with Crippen LogP contribution in [0.3, 0.4) is 0 Å². The molecule has 1 N–H and O–H groups in total. The minimum atomic E-state index is -0.158. The Hall–Kier alpha value is -3.26. The molecule has 27 heavy (non-hydrogen) atoms. The van der Waals surface area contributed by atoms with E-state index in [1.165, 1.54) is 6.33 Å². The Bertz CT molecular complexity index is 1200. The van der Waals surface area contributed by atoms with Gasteiger partial charge in [-0.25, -0.2) is 0 Å². The first-order chi connectivity index (χ1) is 13.1. The lowest BCUT2D eigenvalue weighted by atomic mass is 9.86. The van der Waals surface area contributed by atoms with Crippen molar-refractivity contribution < 1.29 is 4.79 Å². The molecule has 1 aromatic carbocycles. The van der Waals surface area contributed by atoms with Crippen molar-refractivity contribution in [2.75, 3.05) is 5.32 Å². The molecule has 134 valence electrons. The molecular formula is C18H14ClN7O. The molecule has 0 fully saturated rings. The maximum Gasteiger partial charge on any atom is 0.226 e. The summed E-state index contributed by atoms with van der Waals surface area (Å²) < 4.78 is 3.21. The first-order valence-electron chi connectivity index (χ1n) is 8.43. The third-order valence-corrected chi connectivity index (χ3v) is 5.09. The van der Waals surface area contributed by atoms with E-state index >= 15 is 0 Å². The van der Waals surface area contributed by atoms with Crippen molar-refractivity contribution in [3.05, 3.63) is 64.6 Å². The maximum atomic E-state index is 12.4. The largest absolute Gasteiger partial charge is 0.310 e. The van der Waals surface area contributed by atoms with Crippen LogP contribution in [0.4, 0.5) is 5.82 Å². The molecule has 0 spiro atoms. The molecule has 0 saturated carbocycles. The van der Waals surface area contributed by atoms with Gasteiger partial charge in [0.2, 0.25) is 5.91 Å². The van der Waals surface area contributed by atoms with Crippen LogP contribution in [0.15, 0.2) is 42.7 Å². The Morgan fingerprint density at radius 3 is 2.89 bits per heavy atom. The van der Waals surface area contributed by atoms with Gasteiger partial charge in [0.25, 0.3) is 0 Å². The molecule has 5 rings (SSSR count). The number of carbonyl (C=O) groups excluding carboxylic acids is 1. The van der Waals surface area contributed by atoms with Gasteiger partial charge in [-0.1, -0.05) is 29.8 Å². The summed E-state index contributed by atoms with van der Waals surface area (Å²) in [4.78, 5) is 12.4. The summed E-state index contributed by atoms with van der Waals surface area (Å²) in [5, 5.41) is 20.5. The number of aromatic nitrogens is 6. The second-order valence-corrected chi connectivity index (χ2v) is 6.82. The van der Waals surface area contributed by atoms with Crippen LogP contribution >= 0.6 is 11.6 Å². The van der Waals surface area contributed by atoms with Gasteiger partial charge in [0.1, 0.15) is 12.1 Å². The van der Waals surface area contributed by atoms with Crippen molar-refractivity contribution in [2.45, 2.75) is 19.3 Å². The fraction of sp³-hybridized carbons (Fsp3) is 0.167. The minimum absolute atomic E-state index is 0.0843. The van der Waals surface area contributed by atoms with Crippen molar-refractivity contribution in [3.63, 3.8) is 0 Å². The number of hydrogen-bond donors (Lipinski definition) is 1. The van der Waals surface area contributed by atoms with E-state index in [0.29, 0.717) is 28.7 Å². The van der Waals surface area contributed by atoms with Crippen molar-refractivity contribution in [1.29, 1.82) is 0 Å². The highest BCUT2D eigenvalue weighted by atomic mass is 35.5. The molecule has 0 bridgehead atoms. The third kappa shape index (κ3) is 2.48. The number of fused-ring (bicyclic) bond motifs is 2. The minimum Gasteiger partial charge on any atom is -0.310 e. The van der Waals surface area contributed by atoms with Crippen molar-refractivity contribution >= 4 is 29.0 Å². The molecule has 1 atom stereocenters. The molecule has 4 aromatic rings. The highest BCUT2D eigenvalue weighted by molar-refractivity contribution is 6.31. The maximum absolute atomic E-state index is 12.4. The molecule has 1 aliphatic heterocycles. The van der Waals surface area contributed by atoms with Gasteiger partial charge in [-0.3, -0.25) is 4.79 Å². The normalized spacial score (nSPS) is 16.4. The lowest BCUT2D eigenvalue weighted by Gasteiger charge is -2.25. The van der Waals surface area contributed by atoms with Crippen molar-refractivity contribution in [2.24, 2.45) is 0 Å². The Morgan fingerprint density at radius 1 is 1.19 bits per heavy atom. The number of nitrogens with zero attached hydrogens (tertiary/aromatic N) is 6. The van der Waals surface area contributed by atoms with Crippen LogP contribution in [0.5, 0.6) is 0 Å². The molecule has 8 nitrogen and oxygen atoms in total. The lowest BCUT2D eigenvalue weighted by Crippen LogP contribution is -2.25. The molecular weight excluding hydrogens is 366 g/mol. The van der Waals surface area contributed by atoms with E-state index in [1.54, 1.807) is 21.3 Å². The molecule has 9 heteroatoms. The Kier molecular flexibility index (Phi) is 3.48. The number of anilines is 1. The topological polar surface area (TPSA) is 90.0 Å². The molecule has 0 aliphatic carbocycles. The van der Waals surface area contributed by atoms with Crippen molar-refractivity contribution in [3.8, 4) is 5.82 Å². The zero-order chi connectivity index (χ0) is 18.5. The van der Waals surface area contributed by atoms with Crippen LogP contribution in [0.1, 0.15) is 29.2 Å². The van der Waals surface area contributed by atoms with Gasteiger partial charge in [-0.15, -0.1) is 15.3 Å². The van der Waals surface area contributed by atoms with Gasteiger partial charge in [0, 0.05) is 22.9 Å². The van der Waals surface area contributed by atoms with Crippen LogP contribution in [-0.2, 0) is 4.79 Å². The standard InChI is InChI=1S/C18H14ClN7O/c1-10-17-12(11-4-2-3-5-13(11)19)8-16(27)21-18(17)26(23-10)15-7-6-14-22-20-9-25(14)24-15/h2-7,9,12H,8H2,1H3,(H,21,27)/t12-/m0/s1. The average Bonchev–Trinajstić information content (AvgIpc) is 3.25. The first-order valence-corrected chi connectivity index (χ1v) is 8.81. The number of amides is 1. The fourth-order valence-electron chi connectivity index (χ4n) is 3.57. The van der Waals surface area contributed by atoms with E-state index in [4.69, 9.17) is 11.6 Å². The number of aryl methyl sites for hydroxylation is 1. The quantitative estimate of drug-likeness (QED) is 0.578. The fourth-order valence-corrected chi connectivity index (χ4v) is 3.84. The van der Waals surface area contributed by atoms with E-state index in [0.717, 1.165) is 16.8 Å². The Morgan fingerprint density at radius 2 is 2.04 bits per heavy atom. The molecule has 0 saturated heterocycles. The second-order valence-electron chi connectivity index (χ2n) is 6.41. The second kappa shape index (κ2) is 5.88. The summed E-state index contributed by atoms with van der Waals surface area (Å²) in [5.74, 6) is 0.939. The summed E-state index contributed by atoms with van der Waals surface area (Å²) >= 11 is 6.41. The summed E-state index contributed by atoms with van der Waals surface area (Å²) in [6.45, 7) is 1.92. The zero-order valence-electron chi connectivity index (χ0n) is 14.3. The highest BCUT2D eigenvalue weighted by Gasteiger charge is 2.33. The summed E-state index contributed by atoms with van der Waals surface area (Å²) in [7, 11) is 0. The van der Waals surface area contributed by atoms with Gasteiger partial charge in [0.15, 0.2) is 11.5 Å². The SMILES string of the molecule is Cc1nn(-c2ccc3nncn3n2)c2c1[C@H](c1ccccc1Cl)CC(=O)N2. The molecule has 1 aliphatic rings. The predicted molar refractivity (Wildman–Crippen MR) is 99.2 cm³/mol. The van der Waals surface area contributed by atoms with Gasteiger partial charge in [-0.2, -0.15) is 14.3 Å². The van der Waals surface area contributed by atoms with E-state index < -0.39 is 0 Å². The van der Waals surface area contributed by atoms with E-state index in [9.17, 15) is 4.79 Å². The van der Waals surface area contributed by atoms with Crippen LogP contribution in [0, 0.1) is 6.92 Å². The van der Waals surface area contributed by atoms with E-state index in [2.05, 4.69) is 25.7 Å². The predicted octanol–water partition coefficient (Wildman–Crippen LogP) is 2.75. The summed E-state index contributed by atoms with van der Waals surface area (Å²) in [6.07, 6.45) is 1.84. The molecule has 0 radical (unpaired) electrons. The average molecular weight is 380 g/mol. The number of benzene rings is 1. The van der Waals surface area contributed by atoms with Crippen LogP contribution in [-0.4, -0.2) is 35.5 Å². The Labute approximate surface area is 158 Å². The third-order valence-electron chi connectivity index (χ3n) is 4.75. The smallest absolute Gasteiger partial charge is 0.226 e. The first kappa shape index (κ1) is 16.0. The summed E-state index contributed by atoms with van der Waals surface area (Å²) in [5.41, 5.74) is 3.32. The number of carbonyl (C=O) groups is 1. The number of rotatable bonds is 2. The molecule has 1 amide bonds. The van der Waals surface area contributed by atoms with Crippen LogP contribution in [0.2, 0.25) is 5.02 Å². The van der Waals surface area contributed by atoms with Gasteiger partial charge < -0.3 is 5.32 Å². The van der Waals surface area contributed by atoms with E-state index in [-0.39, 0.29) is 11.8 Å². The zero-order valence-corrected chi connectivity index (χ0v) is 15.1. The van der Waals surface area contributed by atoms with Gasteiger partial charge >= 0.3 is 0 Å². The number of halogens is 1. The lowest BCUT2D eigenvalue weighted by molar-refractivity contribution is -0.116. The number of nitrogens with one attached hydrogen (secondary N) is 1. The van der Waals surface area contributed by atoms with Crippen molar-refractivity contribution in [1.82, 2.24) is 29.6 Å². The highest BCUT2D eigenvalue weighted by Crippen LogP contribution is 2.42. The van der Waals surface area contributed by atoms with E-state index in [1.807, 2.05) is 31.2 Å². The molecule has 4 heterocycles. The van der Waals surface area contributed by atoms with Crippen LogP contribution in [0.25, 0.3) is 11.5 Å². The van der Waals surface area contributed by atoms with Crippen LogP contribution < -0.4 is 5.32 Å². The molecule has 0 unspecified atom stereocenters. The Balaban J connectivity index is 1.70. The van der Waals surface area contributed by atoms with Gasteiger partial charge in [0.05, 0.1) is 5.69 Å². The molecule has 3 aromatic heterocycles. The monoisotopic (exact) mass is 379 g/mol. The van der Waals surface area contributed by atoms with Gasteiger partial charge in [-0.05, 0) is 30.7 Å². The summed E-state index contributed by atoms with van der Waals surface area (Å²) in [6, 6.07) is 11.2. The number of hydrogen-bond acceptors (Lipinski definition) is 5.